The molecule has 5 heteroatoms. The van der Waals surface area contributed by atoms with Crippen LogP contribution in [0.4, 0.5) is 0 Å². The lowest BCUT2D eigenvalue weighted by molar-refractivity contribution is -0.126. The second-order valence-corrected chi connectivity index (χ2v) is 7.28. The zero-order valence-electron chi connectivity index (χ0n) is 13.7. The van der Waals surface area contributed by atoms with E-state index < -0.39 is 0 Å². The number of amides is 1. The van der Waals surface area contributed by atoms with Gasteiger partial charge >= 0.3 is 0 Å². The highest BCUT2D eigenvalue weighted by atomic mass is 35.5. The first-order chi connectivity index (χ1) is 11.6. The molecule has 2 unspecified atom stereocenters. The molecule has 2 aromatic rings. The number of carbonyl (C=O) groups is 1. The highest BCUT2D eigenvalue weighted by Crippen LogP contribution is 2.30. The number of fused-ring (bicyclic) bond motifs is 1. The van der Waals surface area contributed by atoms with Gasteiger partial charge in [-0.15, -0.1) is 11.8 Å². The number of hydrogen-bond donors (Lipinski definition) is 1. The molecule has 0 fully saturated rings. The normalized spacial score (nSPS) is 17.5. The molecule has 1 amide bonds. The fourth-order valence-corrected chi connectivity index (χ4v) is 3.44. The number of halogens is 1. The third-order valence-corrected chi connectivity index (χ3v) is 5.25. The fraction of sp³-hybridized carbons (Fsp3) is 0.316. The lowest BCUT2D eigenvalue weighted by Crippen LogP contribution is -2.38. The minimum absolute atomic E-state index is 0.0158. The van der Waals surface area contributed by atoms with Gasteiger partial charge in [0.2, 0.25) is 5.91 Å². The fourth-order valence-electron chi connectivity index (χ4n) is 2.84. The van der Waals surface area contributed by atoms with Crippen LogP contribution >= 0.6 is 23.4 Å². The Morgan fingerprint density at radius 3 is 2.75 bits per heavy atom. The highest BCUT2D eigenvalue weighted by molar-refractivity contribution is 7.98. The van der Waals surface area contributed by atoms with Gasteiger partial charge in [0.1, 0.15) is 12.4 Å². The van der Waals surface area contributed by atoms with Gasteiger partial charge in [-0.3, -0.25) is 4.79 Å². The first-order valence-electron chi connectivity index (χ1n) is 7.92. The van der Waals surface area contributed by atoms with Gasteiger partial charge in [0.05, 0.1) is 12.0 Å². The van der Waals surface area contributed by atoms with Crippen LogP contribution in [0.15, 0.2) is 47.4 Å². The molecule has 24 heavy (non-hydrogen) atoms. The molecule has 126 valence electrons. The number of ether oxygens (including phenoxy) is 1. The first kappa shape index (κ1) is 17.2. The molecule has 0 bridgehead atoms. The Bertz CT molecular complexity index is 733. The minimum Gasteiger partial charge on any atom is -0.492 e. The van der Waals surface area contributed by atoms with Gasteiger partial charge in [0.15, 0.2) is 0 Å². The smallest absolute Gasteiger partial charge is 0.227 e. The van der Waals surface area contributed by atoms with Crippen molar-refractivity contribution in [2.75, 3.05) is 12.9 Å². The average Bonchev–Trinajstić information content (AvgIpc) is 2.61. The minimum atomic E-state index is -0.191. The zero-order chi connectivity index (χ0) is 17.1. The van der Waals surface area contributed by atoms with Gasteiger partial charge in [0, 0.05) is 9.92 Å². The molecule has 2 aromatic carbocycles. The second-order valence-electron chi connectivity index (χ2n) is 5.97. The molecule has 3 rings (SSSR count). The van der Waals surface area contributed by atoms with Crippen LogP contribution in [0.1, 0.15) is 24.1 Å². The molecule has 0 aliphatic carbocycles. The van der Waals surface area contributed by atoms with E-state index in [9.17, 15) is 4.79 Å². The van der Waals surface area contributed by atoms with Gasteiger partial charge < -0.3 is 10.1 Å². The van der Waals surface area contributed by atoms with E-state index in [0.29, 0.717) is 18.1 Å². The Labute approximate surface area is 151 Å². The maximum atomic E-state index is 12.6. The van der Waals surface area contributed by atoms with Crippen LogP contribution in [-0.4, -0.2) is 18.8 Å². The van der Waals surface area contributed by atoms with Crippen LogP contribution < -0.4 is 10.1 Å². The van der Waals surface area contributed by atoms with Crippen molar-refractivity contribution in [2.45, 2.75) is 24.3 Å². The maximum absolute atomic E-state index is 12.6. The first-order valence-corrected chi connectivity index (χ1v) is 9.52. The van der Waals surface area contributed by atoms with Gasteiger partial charge in [-0.2, -0.15) is 0 Å². The Morgan fingerprint density at radius 1 is 1.29 bits per heavy atom. The van der Waals surface area contributed by atoms with Gasteiger partial charge in [-0.05, 0) is 61.1 Å². The standard InChI is InChI=1S/C19H20ClNO2S/c1-12(13-3-6-17(24-2)7-4-13)21-19(22)15-9-14-10-16(20)5-8-18(14)23-11-15/h3-8,10,12,15H,9,11H2,1-2H3,(H,21,22). The molecule has 1 aliphatic heterocycles. The summed E-state index contributed by atoms with van der Waals surface area (Å²) in [5.41, 5.74) is 2.09. The highest BCUT2D eigenvalue weighted by Gasteiger charge is 2.27. The monoisotopic (exact) mass is 361 g/mol. The van der Waals surface area contributed by atoms with E-state index in [2.05, 4.69) is 29.6 Å². The number of benzene rings is 2. The third-order valence-electron chi connectivity index (χ3n) is 4.27. The maximum Gasteiger partial charge on any atom is 0.227 e. The lowest BCUT2D eigenvalue weighted by Gasteiger charge is -2.26. The van der Waals surface area contributed by atoms with Crippen molar-refractivity contribution in [3.63, 3.8) is 0 Å². The summed E-state index contributed by atoms with van der Waals surface area (Å²) in [4.78, 5) is 13.8. The van der Waals surface area contributed by atoms with Gasteiger partial charge in [-0.25, -0.2) is 0 Å². The number of carbonyl (C=O) groups excluding carboxylic acids is 1. The summed E-state index contributed by atoms with van der Waals surface area (Å²) in [6.45, 7) is 2.40. The molecule has 2 atom stereocenters. The van der Waals surface area contributed by atoms with E-state index >= 15 is 0 Å². The predicted molar refractivity (Wildman–Crippen MR) is 98.9 cm³/mol. The summed E-state index contributed by atoms with van der Waals surface area (Å²) >= 11 is 7.74. The lowest BCUT2D eigenvalue weighted by atomic mass is 9.95. The van der Waals surface area contributed by atoms with Crippen LogP contribution in [0.3, 0.4) is 0 Å². The SMILES string of the molecule is CSc1ccc(C(C)NC(=O)C2COc3ccc(Cl)cc3C2)cc1. The average molecular weight is 362 g/mol. The molecule has 0 saturated heterocycles. The van der Waals surface area contributed by atoms with Crippen LogP contribution in [0.2, 0.25) is 5.02 Å². The van der Waals surface area contributed by atoms with E-state index in [0.717, 1.165) is 16.9 Å². The van der Waals surface area contributed by atoms with Gasteiger partial charge in [-0.1, -0.05) is 23.7 Å². The van der Waals surface area contributed by atoms with Crippen molar-refractivity contribution in [3.8, 4) is 5.75 Å². The van der Waals surface area contributed by atoms with Crippen LogP contribution in [0.25, 0.3) is 0 Å². The van der Waals surface area contributed by atoms with Crippen molar-refractivity contribution < 1.29 is 9.53 Å². The van der Waals surface area contributed by atoms with E-state index in [-0.39, 0.29) is 17.9 Å². The van der Waals surface area contributed by atoms with E-state index in [1.165, 1.54) is 4.90 Å². The molecule has 0 aromatic heterocycles. The topological polar surface area (TPSA) is 38.3 Å². The largest absolute Gasteiger partial charge is 0.492 e. The summed E-state index contributed by atoms with van der Waals surface area (Å²) in [5.74, 6) is 0.648. The predicted octanol–water partition coefficient (Wildman–Crippen LogP) is 4.49. The van der Waals surface area contributed by atoms with Crippen molar-refractivity contribution in [1.82, 2.24) is 5.32 Å². The van der Waals surface area contributed by atoms with Crippen LogP contribution in [0.5, 0.6) is 5.75 Å². The number of nitrogens with one attached hydrogen (secondary N) is 1. The third kappa shape index (κ3) is 3.87. The Kier molecular flexibility index (Phi) is 5.36. The molecule has 1 N–H and O–H groups in total. The summed E-state index contributed by atoms with van der Waals surface area (Å²) in [6, 6.07) is 13.8. The summed E-state index contributed by atoms with van der Waals surface area (Å²) < 4.78 is 5.71. The van der Waals surface area contributed by atoms with Crippen LogP contribution in [-0.2, 0) is 11.2 Å². The molecular weight excluding hydrogens is 342 g/mol. The number of thioether (sulfide) groups is 1. The van der Waals surface area contributed by atoms with Crippen molar-refractivity contribution >= 4 is 29.3 Å². The van der Waals surface area contributed by atoms with Gasteiger partial charge in [0.25, 0.3) is 0 Å². The summed E-state index contributed by atoms with van der Waals surface area (Å²) in [5, 5.41) is 3.76. The quantitative estimate of drug-likeness (QED) is 0.815. The Morgan fingerprint density at radius 2 is 2.04 bits per heavy atom. The summed E-state index contributed by atoms with van der Waals surface area (Å²) in [6.07, 6.45) is 2.70. The molecule has 0 radical (unpaired) electrons. The molecular formula is C19H20ClNO2S. The number of rotatable bonds is 4. The molecule has 0 spiro atoms. The Balaban J connectivity index is 1.64. The van der Waals surface area contributed by atoms with Crippen molar-refractivity contribution in [2.24, 2.45) is 5.92 Å². The number of hydrogen-bond acceptors (Lipinski definition) is 3. The van der Waals surface area contributed by atoms with Crippen LogP contribution in [0, 0.1) is 5.92 Å². The van der Waals surface area contributed by atoms with Crippen molar-refractivity contribution in [3.05, 3.63) is 58.6 Å². The zero-order valence-corrected chi connectivity index (χ0v) is 15.3. The molecule has 1 heterocycles. The van der Waals surface area contributed by atoms with E-state index in [4.69, 9.17) is 16.3 Å². The summed E-state index contributed by atoms with van der Waals surface area (Å²) in [7, 11) is 0. The van der Waals surface area contributed by atoms with E-state index in [1.807, 2.05) is 25.3 Å². The molecule has 0 saturated carbocycles. The Hall–Kier alpha value is -1.65. The molecule has 1 aliphatic rings. The second kappa shape index (κ2) is 7.49. The van der Waals surface area contributed by atoms with E-state index in [1.54, 1.807) is 17.8 Å². The van der Waals surface area contributed by atoms with Crippen molar-refractivity contribution in [1.29, 1.82) is 0 Å². The molecule has 3 nitrogen and oxygen atoms in total.